The third-order valence-electron chi connectivity index (χ3n) is 5.18. The van der Waals surface area contributed by atoms with Crippen LogP contribution in [0, 0.1) is 0 Å². The van der Waals surface area contributed by atoms with Crippen LogP contribution in [0.15, 0.2) is 72.8 Å². The molecule has 0 spiro atoms. The molecule has 2 aromatic heterocycles. The van der Waals surface area contributed by atoms with E-state index in [0.717, 1.165) is 11.0 Å². The van der Waals surface area contributed by atoms with E-state index in [1.54, 1.807) is 0 Å². The standard InChI is InChI=1S/C22H14N2S/c23-24-17-11-5-3-9-15(17)19-20-16-10-4-6-12-18(16)25-22(20)14-8-2-1-7-13(14)21(19)24/h1-12H,23H2. The third kappa shape index (κ3) is 1.54. The molecule has 0 radical (unpaired) electrons. The first-order valence-corrected chi connectivity index (χ1v) is 9.16. The van der Waals surface area contributed by atoms with E-state index in [4.69, 9.17) is 5.84 Å². The molecule has 0 saturated carbocycles. The van der Waals surface area contributed by atoms with Gasteiger partial charge in [-0.15, -0.1) is 11.3 Å². The predicted octanol–water partition coefficient (Wildman–Crippen LogP) is 6.03. The van der Waals surface area contributed by atoms with E-state index < -0.39 is 0 Å². The minimum atomic E-state index is 1.07. The number of nitrogen functional groups attached to an aromatic ring is 1. The van der Waals surface area contributed by atoms with Gasteiger partial charge in [0.05, 0.1) is 11.0 Å². The molecular weight excluding hydrogens is 324 g/mol. The fraction of sp³-hybridized carbons (Fsp3) is 0. The zero-order chi connectivity index (χ0) is 16.5. The van der Waals surface area contributed by atoms with Gasteiger partial charge in [0.1, 0.15) is 0 Å². The number of nitrogens with zero attached hydrogens (tertiary/aromatic N) is 1. The molecule has 0 fully saturated rings. The summed E-state index contributed by atoms with van der Waals surface area (Å²) >= 11 is 1.87. The number of benzene rings is 4. The fourth-order valence-electron chi connectivity index (χ4n) is 4.15. The lowest BCUT2D eigenvalue weighted by Gasteiger charge is -2.06. The predicted molar refractivity (Wildman–Crippen MR) is 110 cm³/mol. The van der Waals surface area contributed by atoms with Gasteiger partial charge in [0, 0.05) is 41.7 Å². The van der Waals surface area contributed by atoms with Crippen LogP contribution < -0.4 is 5.84 Å². The van der Waals surface area contributed by atoms with Gasteiger partial charge in [0.2, 0.25) is 0 Å². The summed E-state index contributed by atoms with van der Waals surface area (Å²) in [5.74, 6) is 6.56. The fourth-order valence-corrected chi connectivity index (χ4v) is 5.40. The number of thiophene rings is 1. The van der Waals surface area contributed by atoms with E-state index in [9.17, 15) is 0 Å². The monoisotopic (exact) mass is 338 g/mol. The van der Waals surface area contributed by atoms with Crippen LogP contribution >= 0.6 is 11.3 Å². The highest BCUT2D eigenvalue weighted by atomic mass is 32.1. The Morgan fingerprint density at radius 3 is 2.12 bits per heavy atom. The second kappa shape index (κ2) is 4.52. The summed E-state index contributed by atoms with van der Waals surface area (Å²) in [6.45, 7) is 0. The second-order valence-corrected chi connectivity index (χ2v) is 7.51. The van der Waals surface area contributed by atoms with Gasteiger partial charge in [0.15, 0.2) is 0 Å². The lowest BCUT2D eigenvalue weighted by atomic mass is 10.00. The maximum absolute atomic E-state index is 6.56. The Bertz CT molecular complexity index is 1450. The van der Waals surface area contributed by atoms with Crippen LogP contribution in [0.5, 0.6) is 0 Å². The zero-order valence-electron chi connectivity index (χ0n) is 13.4. The van der Waals surface area contributed by atoms with E-state index in [2.05, 4.69) is 72.8 Å². The highest BCUT2D eigenvalue weighted by molar-refractivity contribution is 7.27. The van der Waals surface area contributed by atoms with Crippen molar-refractivity contribution in [3.8, 4) is 0 Å². The van der Waals surface area contributed by atoms with Crippen molar-refractivity contribution in [1.29, 1.82) is 0 Å². The van der Waals surface area contributed by atoms with Crippen molar-refractivity contribution < 1.29 is 0 Å². The molecule has 6 aromatic rings. The minimum absolute atomic E-state index is 1.07. The highest BCUT2D eigenvalue weighted by Gasteiger charge is 2.19. The first kappa shape index (κ1) is 13.3. The molecule has 4 aromatic carbocycles. The molecule has 0 amide bonds. The number of hydrogen-bond donors (Lipinski definition) is 1. The van der Waals surface area contributed by atoms with Crippen molar-refractivity contribution in [3.63, 3.8) is 0 Å². The first-order valence-electron chi connectivity index (χ1n) is 8.35. The first-order chi connectivity index (χ1) is 12.3. The topological polar surface area (TPSA) is 30.9 Å². The normalized spacial score (nSPS) is 12.2. The smallest absolute Gasteiger partial charge is 0.0789 e. The van der Waals surface area contributed by atoms with Crippen LogP contribution in [0.2, 0.25) is 0 Å². The Balaban J connectivity index is 2.12. The molecule has 2 N–H and O–H groups in total. The van der Waals surface area contributed by atoms with Crippen molar-refractivity contribution in [2.45, 2.75) is 0 Å². The lowest BCUT2D eigenvalue weighted by molar-refractivity contribution is 1.13. The molecule has 0 aliphatic carbocycles. The number of fused-ring (bicyclic) bond motifs is 10. The zero-order valence-corrected chi connectivity index (χ0v) is 14.2. The van der Waals surface area contributed by atoms with Crippen LogP contribution in [0.3, 0.4) is 0 Å². The molecule has 118 valence electrons. The molecule has 2 nitrogen and oxygen atoms in total. The molecule has 25 heavy (non-hydrogen) atoms. The Kier molecular flexibility index (Phi) is 2.40. The largest absolute Gasteiger partial charge is 0.339 e. The number of nitrogens with two attached hydrogens (primary N) is 1. The Morgan fingerprint density at radius 1 is 0.640 bits per heavy atom. The molecule has 6 rings (SSSR count). The van der Waals surface area contributed by atoms with Gasteiger partial charge in [0.25, 0.3) is 0 Å². The number of hydrogen-bond acceptors (Lipinski definition) is 2. The average molecular weight is 338 g/mol. The van der Waals surface area contributed by atoms with Crippen LogP contribution in [-0.2, 0) is 0 Å². The lowest BCUT2D eigenvalue weighted by Crippen LogP contribution is -2.06. The summed E-state index contributed by atoms with van der Waals surface area (Å²) in [6, 6.07) is 25.7. The van der Waals surface area contributed by atoms with Crippen LogP contribution in [0.1, 0.15) is 0 Å². The van der Waals surface area contributed by atoms with E-state index >= 15 is 0 Å². The van der Waals surface area contributed by atoms with Crippen LogP contribution in [0.25, 0.3) is 52.8 Å². The Labute approximate surface area is 147 Å². The molecule has 0 aliphatic heterocycles. The van der Waals surface area contributed by atoms with Crippen molar-refractivity contribution in [3.05, 3.63) is 72.8 Å². The van der Waals surface area contributed by atoms with Crippen LogP contribution in [-0.4, -0.2) is 4.68 Å². The van der Waals surface area contributed by atoms with Gasteiger partial charge in [-0.05, 0) is 12.1 Å². The number of rotatable bonds is 0. The van der Waals surface area contributed by atoms with Gasteiger partial charge in [-0.2, -0.15) is 0 Å². The summed E-state index contributed by atoms with van der Waals surface area (Å²) in [5, 5.41) is 7.63. The van der Waals surface area contributed by atoms with E-state index in [1.807, 2.05) is 16.0 Å². The van der Waals surface area contributed by atoms with Gasteiger partial charge >= 0.3 is 0 Å². The van der Waals surface area contributed by atoms with E-state index in [0.29, 0.717) is 0 Å². The Hall–Kier alpha value is -3.04. The van der Waals surface area contributed by atoms with Crippen LogP contribution in [0.4, 0.5) is 0 Å². The maximum atomic E-state index is 6.56. The Morgan fingerprint density at radius 2 is 1.28 bits per heavy atom. The highest BCUT2D eigenvalue weighted by Crippen LogP contribution is 2.46. The minimum Gasteiger partial charge on any atom is -0.339 e. The van der Waals surface area contributed by atoms with Crippen molar-refractivity contribution in [2.75, 3.05) is 5.84 Å². The van der Waals surface area contributed by atoms with Gasteiger partial charge in [-0.3, -0.25) is 4.68 Å². The van der Waals surface area contributed by atoms with Gasteiger partial charge < -0.3 is 5.84 Å². The summed E-state index contributed by atoms with van der Waals surface area (Å²) in [4.78, 5) is 0. The molecule has 3 heteroatoms. The molecule has 0 unspecified atom stereocenters. The van der Waals surface area contributed by atoms with Gasteiger partial charge in [-0.25, -0.2) is 0 Å². The van der Waals surface area contributed by atoms with Gasteiger partial charge in [-0.1, -0.05) is 60.7 Å². The number of para-hydroxylation sites is 1. The summed E-state index contributed by atoms with van der Waals surface area (Å²) < 4.78 is 4.53. The SMILES string of the molecule is Nn1c2ccccc2c2c3c4ccccc4sc3c3ccccc3c21. The molecule has 0 aliphatic rings. The molecule has 0 saturated heterocycles. The maximum Gasteiger partial charge on any atom is 0.0789 e. The average Bonchev–Trinajstić information content (AvgIpc) is 3.19. The number of aromatic nitrogens is 1. The summed E-state index contributed by atoms with van der Waals surface area (Å²) in [6.07, 6.45) is 0. The van der Waals surface area contributed by atoms with Crippen molar-refractivity contribution in [2.24, 2.45) is 0 Å². The molecule has 0 atom stereocenters. The summed E-state index contributed by atoms with van der Waals surface area (Å²) in [7, 11) is 0. The summed E-state index contributed by atoms with van der Waals surface area (Å²) in [5.41, 5.74) is 2.19. The molecule has 0 bridgehead atoms. The van der Waals surface area contributed by atoms with E-state index in [-0.39, 0.29) is 0 Å². The second-order valence-electron chi connectivity index (χ2n) is 6.46. The van der Waals surface area contributed by atoms with Crippen molar-refractivity contribution in [1.82, 2.24) is 4.68 Å². The third-order valence-corrected chi connectivity index (χ3v) is 6.39. The molecular formula is C22H14N2S. The van der Waals surface area contributed by atoms with Crippen molar-refractivity contribution >= 4 is 64.1 Å². The molecule has 2 heterocycles. The quantitative estimate of drug-likeness (QED) is 0.337. The van der Waals surface area contributed by atoms with E-state index in [1.165, 1.54) is 41.7 Å².